The van der Waals surface area contributed by atoms with Gasteiger partial charge in [-0.1, -0.05) is 83.2 Å². The van der Waals surface area contributed by atoms with Gasteiger partial charge < -0.3 is 25.6 Å². The summed E-state index contributed by atoms with van der Waals surface area (Å²) in [5.41, 5.74) is 0.210. The average molecular weight is 753 g/mol. The van der Waals surface area contributed by atoms with Crippen molar-refractivity contribution in [2.24, 2.45) is 0 Å². The third-order valence-electron chi connectivity index (χ3n) is 8.95. The maximum Gasteiger partial charge on any atom is 0.326 e. The Morgan fingerprint density at radius 1 is 0.981 bits per heavy atom. The smallest absolute Gasteiger partial charge is 0.326 e. The highest BCUT2D eigenvalue weighted by atomic mass is 32.2. The van der Waals surface area contributed by atoms with E-state index >= 15 is 0 Å². The number of ether oxygens (including phenoxy) is 1. The number of allylic oxidation sites excluding steroid dienone is 2. The summed E-state index contributed by atoms with van der Waals surface area (Å²) in [7, 11) is 0. The number of aromatic hydroxyl groups is 1. The van der Waals surface area contributed by atoms with Crippen molar-refractivity contribution in [1.82, 2.24) is 15.4 Å². The molecular weight excluding hydrogens is 705 g/mol. The lowest BCUT2D eigenvalue weighted by molar-refractivity contribution is -0.142. The van der Waals surface area contributed by atoms with Crippen LogP contribution in [0.3, 0.4) is 0 Å². The van der Waals surface area contributed by atoms with E-state index in [0.717, 1.165) is 25.7 Å². The first kappa shape index (κ1) is 40.5. The lowest BCUT2D eigenvalue weighted by atomic mass is 9.86. The van der Waals surface area contributed by atoms with Crippen LogP contribution in [0.4, 0.5) is 5.69 Å². The molecule has 5 N–H and O–H groups in total. The molecule has 1 aliphatic heterocycles. The third-order valence-corrected chi connectivity index (χ3v) is 10.9. The van der Waals surface area contributed by atoms with Crippen LogP contribution in [0.15, 0.2) is 77.0 Å². The largest absolute Gasteiger partial charge is 0.508 e. The molecular formula is C38H48N4O8S2. The van der Waals surface area contributed by atoms with Crippen LogP contribution in [-0.4, -0.2) is 69.4 Å². The number of para-hydroxylation sites is 1. The summed E-state index contributed by atoms with van der Waals surface area (Å²) < 4.78 is 9.48. The number of unbranched alkanes of at least 4 members (excludes halogenated alkanes) is 2. The number of benzene rings is 2. The number of phenolic OH excluding ortho intramolecular Hbond substituents is 1. The molecule has 0 saturated heterocycles. The molecule has 0 spiro atoms. The fraction of sp³-hybridized carbons (Fsp3) is 0.447. The van der Waals surface area contributed by atoms with Crippen molar-refractivity contribution in [3.63, 3.8) is 0 Å². The van der Waals surface area contributed by atoms with Crippen molar-refractivity contribution in [3.05, 3.63) is 82.6 Å². The molecule has 0 aromatic heterocycles. The number of thioether (sulfide) groups is 1. The molecule has 280 valence electrons. The molecule has 3 atom stereocenters. The second-order valence-electron chi connectivity index (χ2n) is 12.8. The zero-order chi connectivity index (χ0) is 37.8. The molecule has 0 bridgehead atoms. The standard InChI is InChI=1S/C38H48N4O8S2/c1-5-8-20-38(21-9-6-2)37(49)42(25-14-11-10-12-15-25)32-29(52-41-38)22-28(34(51-4)33(32)45)50-23-30(44)40-31(24-16-18-26(43)19-17-24)35(46)39-27(13-7-3)36(47)48/h10-12,14-19,22,27,31,34,41,43H,5-9,13,20-21,23H2,1-4H3,(H,39,46)(H,40,44)(H,47,48)/t27-,31+,34?/m0/s1. The summed E-state index contributed by atoms with van der Waals surface area (Å²) in [6.07, 6.45) is 8.74. The minimum Gasteiger partial charge on any atom is -0.508 e. The lowest BCUT2D eigenvalue weighted by Gasteiger charge is -2.36. The summed E-state index contributed by atoms with van der Waals surface area (Å²) in [5, 5.41) is 23.6. The van der Waals surface area contributed by atoms with Crippen LogP contribution in [-0.2, 0) is 28.7 Å². The maximum absolute atomic E-state index is 14.7. The fourth-order valence-electron chi connectivity index (χ4n) is 6.14. The van der Waals surface area contributed by atoms with Gasteiger partial charge in [0.05, 0.1) is 4.91 Å². The number of nitrogens with one attached hydrogen (secondary N) is 3. The summed E-state index contributed by atoms with van der Waals surface area (Å²) in [6.45, 7) is 5.38. The maximum atomic E-state index is 14.7. The molecule has 3 amide bonds. The number of carbonyl (C=O) groups excluding carboxylic acids is 4. The molecule has 1 heterocycles. The van der Waals surface area contributed by atoms with E-state index in [2.05, 4.69) is 29.2 Å². The number of hydrogen-bond acceptors (Lipinski definition) is 10. The summed E-state index contributed by atoms with van der Waals surface area (Å²) >= 11 is 2.43. The molecule has 14 heteroatoms. The van der Waals surface area contributed by atoms with Crippen molar-refractivity contribution in [2.75, 3.05) is 17.8 Å². The van der Waals surface area contributed by atoms with Gasteiger partial charge in [-0.25, -0.2) is 9.52 Å². The number of nitrogens with zero attached hydrogens (tertiary/aromatic N) is 1. The number of carbonyl (C=O) groups is 5. The quantitative estimate of drug-likeness (QED) is 0.117. The normalized spacial score (nSPS) is 18.1. The average Bonchev–Trinajstić information content (AvgIpc) is 3.26. The van der Waals surface area contributed by atoms with Crippen LogP contribution in [0.5, 0.6) is 5.75 Å². The van der Waals surface area contributed by atoms with Gasteiger partial charge in [0.25, 0.3) is 11.8 Å². The van der Waals surface area contributed by atoms with Crippen LogP contribution in [0.1, 0.15) is 83.7 Å². The Morgan fingerprint density at radius 3 is 2.21 bits per heavy atom. The summed E-state index contributed by atoms with van der Waals surface area (Å²) in [6, 6.07) is 12.3. The second-order valence-corrected chi connectivity index (χ2v) is 14.6. The number of anilines is 1. The van der Waals surface area contributed by atoms with E-state index in [1.54, 1.807) is 24.2 Å². The van der Waals surface area contributed by atoms with Gasteiger partial charge in [0.15, 0.2) is 6.61 Å². The SMILES string of the molecule is CCCCC1(CCCC)NSC2=C(C(=O)C(SC)C(OCC(=O)N[C@@H](C(=O)N[C@@H](CCC)C(=O)O)c3ccc(O)cc3)=C2)N(c2ccccc2)C1=O. The van der Waals surface area contributed by atoms with Crippen molar-refractivity contribution >= 4 is 58.9 Å². The van der Waals surface area contributed by atoms with E-state index in [0.29, 0.717) is 35.4 Å². The Balaban J connectivity index is 1.65. The van der Waals surface area contributed by atoms with Crippen molar-refractivity contribution < 1.29 is 38.9 Å². The highest BCUT2D eigenvalue weighted by Gasteiger charge is 2.48. The van der Waals surface area contributed by atoms with E-state index in [9.17, 15) is 34.2 Å². The molecule has 2 aromatic rings. The summed E-state index contributed by atoms with van der Waals surface area (Å²) in [4.78, 5) is 69.6. The van der Waals surface area contributed by atoms with E-state index in [-0.39, 0.29) is 35.3 Å². The van der Waals surface area contributed by atoms with Crippen molar-refractivity contribution in [2.45, 2.75) is 95.0 Å². The van der Waals surface area contributed by atoms with Crippen LogP contribution >= 0.6 is 23.7 Å². The van der Waals surface area contributed by atoms with Gasteiger partial charge in [-0.05, 0) is 73.4 Å². The molecule has 0 fully saturated rings. The number of aliphatic carboxylic acids is 1. The van der Waals surface area contributed by atoms with E-state index in [4.69, 9.17) is 4.74 Å². The topological polar surface area (TPSA) is 174 Å². The number of carboxylic acids is 1. The first-order chi connectivity index (χ1) is 25.0. The molecule has 52 heavy (non-hydrogen) atoms. The monoisotopic (exact) mass is 752 g/mol. The van der Waals surface area contributed by atoms with Gasteiger partial charge in [0.1, 0.15) is 40.1 Å². The number of phenols is 1. The van der Waals surface area contributed by atoms with E-state index < -0.39 is 47.3 Å². The number of hydrogen-bond donors (Lipinski definition) is 5. The highest BCUT2D eigenvalue weighted by molar-refractivity contribution is 8.01. The zero-order valence-corrected chi connectivity index (χ0v) is 31.6. The molecule has 2 aromatic carbocycles. The minimum absolute atomic E-state index is 0.0518. The molecule has 0 radical (unpaired) electrons. The Bertz CT molecular complexity index is 1660. The Morgan fingerprint density at radius 2 is 1.63 bits per heavy atom. The third kappa shape index (κ3) is 9.58. The number of Topliss-reactive ketones (excluding diaryl/α,β-unsaturated/α-hetero) is 1. The summed E-state index contributed by atoms with van der Waals surface area (Å²) in [5.74, 6) is -3.01. The Kier molecular flexibility index (Phi) is 14.8. The molecule has 1 aliphatic carbocycles. The van der Waals surface area contributed by atoms with Gasteiger partial charge in [-0.3, -0.25) is 24.1 Å². The number of carboxylic acid groups (broad SMARTS) is 1. The van der Waals surface area contributed by atoms with Crippen LogP contribution in [0, 0.1) is 0 Å². The van der Waals surface area contributed by atoms with Crippen LogP contribution in [0.25, 0.3) is 0 Å². The Hall–Kier alpha value is -4.27. The molecule has 0 saturated carbocycles. The van der Waals surface area contributed by atoms with Gasteiger partial charge in [0.2, 0.25) is 11.7 Å². The van der Waals surface area contributed by atoms with Gasteiger partial charge in [-0.15, -0.1) is 11.8 Å². The zero-order valence-electron chi connectivity index (χ0n) is 30.0. The van der Waals surface area contributed by atoms with Crippen molar-refractivity contribution in [1.29, 1.82) is 0 Å². The number of rotatable bonds is 18. The van der Waals surface area contributed by atoms with E-state index in [1.807, 2.05) is 30.3 Å². The molecule has 2 aliphatic rings. The number of ketones is 1. The first-order valence-electron chi connectivity index (χ1n) is 17.6. The van der Waals surface area contributed by atoms with Crippen LogP contribution in [0.2, 0.25) is 0 Å². The number of amides is 3. The molecule has 1 unspecified atom stereocenters. The molecule has 4 rings (SSSR count). The predicted octanol–water partition coefficient (Wildman–Crippen LogP) is 5.75. The van der Waals surface area contributed by atoms with E-state index in [1.165, 1.54) is 48.0 Å². The molecule has 12 nitrogen and oxygen atoms in total. The van der Waals surface area contributed by atoms with Crippen molar-refractivity contribution in [3.8, 4) is 5.75 Å². The lowest BCUT2D eigenvalue weighted by Crippen LogP contribution is -2.55. The fourth-order valence-corrected chi connectivity index (χ4v) is 7.89. The minimum atomic E-state index is -1.30. The van der Waals surface area contributed by atoms with Gasteiger partial charge in [-0.2, -0.15) is 0 Å². The first-order valence-corrected chi connectivity index (χ1v) is 19.7. The predicted molar refractivity (Wildman–Crippen MR) is 203 cm³/mol. The van der Waals surface area contributed by atoms with Gasteiger partial charge in [0, 0.05) is 5.69 Å². The van der Waals surface area contributed by atoms with Gasteiger partial charge >= 0.3 is 5.97 Å². The van der Waals surface area contributed by atoms with Crippen LogP contribution < -0.4 is 20.3 Å². The highest BCUT2D eigenvalue weighted by Crippen LogP contribution is 2.43. The second kappa shape index (κ2) is 19.0. The Labute approximate surface area is 313 Å².